The third-order valence-electron chi connectivity index (χ3n) is 2.98. The van der Waals surface area contributed by atoms with Gasteiger partial charge in [0, 0.05) is 13.1 Å². The van der Waals surface area contributed by atoms with E-state index in [2.05, 4.69) is 5.32 Å². The molecule has 1 aliphatic heterocycles. The molecule has 1 aromatic rings. The van der Waals surface area contributed by atoms with Crippen molar-refractivity contribution in [2.75, 3.05) is 25.4 Å². The lowest BCUT2D eigenvalue weighted by atomic mass is 10.2. The molecule has 0 saturated carbocycles. The van der Waals surface area contributed by atoms with Crippen LogP contribution in [0, 0.1) is 11.3 Å². The Kier molecular flexibility index (Phi) is 3.92. The highest BCUT2D eigenvalue weighted by Crippen LogP contribution is 2.23. The van der Waals surface area contributed by atoms with Gasteiger partial charge >= 0.3 is 0 Å². The van der Waals surface area contributed by atoms with Crippen LogP contribution in [0.4, 0.5) is 5.69 Å². The Hall–Kier alpha value is -2.11. The first-order chi connectivity index (χ1) is 9.45. The summed E-state index contributed by atoms with van der Waals surface area (Å²) in [5.74, 6) is -0.335. The van der Waals surface area contributed by atoms with Crippen molar-refractivity contribution in [1.82, 2.24) is 9.62 Å². The molecule has 0 aromatic heterocycles. The highest BCUT2D eigenvalue weighted by molar-refractivity contribution is 7.89. The minimum atomic E-state index is -3.84. The van der Waals surface area contributed by atoms with Crippen molar-refractivity contribution in [2.24, 2.45) is 0 Å². The number of hydrogen-bond acceptors (Lipinski definition) is 5. The summed E-state index contributed by atoms with van der Waals surface area (Å²) in [7, 11) is -3.84. The summed E-state index contributed by atoms with van der Waals surface area (Å²) in [6.45, 7) is 0.482. The zero-order chi connectivity index (χ0) is 14.8. The van der Waals surface area contributed by atoms with E-state index in [4.69, 9.17) is 11.0 Å². The van der Waals surface area contributed by atoms with E-state index in [9.17, 15) is 13.2 Å². The van der Waals surface area contributed by atoms with E-state index in [1.54, 1.807) is 0 Å². The van der Waals surface area contributed by atoms with Crippen LogP contribution in [0.25, 0.3) is 0 Å². The molecular weight excluding hydrogens is 280 g/mol. The van der Waals surface area contributed by atoms with Crippen LogP contribution >= 0.6 is 0 Å². The van der Waals surface area contributed by atoms with Crippen LogP contribution in [0.15, 0.2) is 23.1 Å². The Labute approximate surface area is 117 Å². The summed E-state index contributed by atoms with van der Waals surface area (Å²) in [4.78, 5) is 11.4. The number of amides is 1. The molecule has 1 saturated heterocycles. The summed E-state index contributed by atoms with van der Waals surface area (Å²) >= 11 is 0. The quantitative estimate of drug-likeness (QED) is 0.723. The lowest BCUT2D eigenvalue weighted by Crippen LogP contribution is -2.37. The van der Waals surface area contributed by atoms with Gasteiger partial charge in [0.1, 0.15) is 4.90 Å². The number of nitriles is 1. The summed E-state index contributed by atoms with van der Waals surface area (Å²) < 4.78 is 26.1. The largest absolute Gasteiger partial charge is 0.398 e. The maximum absolute atomic E-state index is 12.5. The molecule has 0 bridgehead atoms. The smallest absolute Gasteiger partial charge is 0.245 e. The highest BCUT2D eigenvalue weighted by Gasteiger charge is 2.29. The monoisotopic (exact) mass is 294 g/mol. The third kappa shape index (κ3) is 2.74. The maximum Gasteiger partial charge on any atom is 0.245 e. The van der Waals surface area contributed by atoms with E-state index in [1.165, 1.54) is 18.2 Å². The fraction of sp³-hybridized carbons (Fsp3) is 0.333. The average Bonchev–Trinajstić information content (AvgIpc) is 2.63. The number of nitrogen functional groups attached to an aromatic ring is 1. The SMILES string of the molecule is N#Cc1ccc(S(=O)(=O)N2CCCNC(=O)C2)c(N)c1. The second-order valence-corrected chi connectivity index (χ2v) is 6.31. The van der Waals surface area contributed by atoms with Gasteiger partial charge in [0.25, 0.3) is 0 Å². The van der Waals surface area contributed by atoms with E-state index in [-0.39, 0.29) is 35.1 Å². The fourth-order valence-electron chi connectivity index (χ4n) is 1.98. The number of carbonyl (C=O) groups is 1. The normalized spacial score (nSPS) is 17.1. The number of carbonyl (C=O) groups excluding carboxylic acids is 1. The van der Waals surface area contributed by atoms with E-state index < -0.39 is 10.0 Å². The molecule has 1 amide bonds. The molecule has 0 unspecified atom stereocenters. The van der Waals surface area contributed by atoms with Crippen molar-refractivity contribution in [3.8, 4) is 6.07 Å². The van der Waals surface area contributed by atoms with Gasteiger partial charge in [-0.3, -0.25) is 4.79 Å². The van der Waals surface area contributed by atoms with E-state index in [0.717, 1.165) is 4.31 Å². The van der Waals surface area contributed by atoms with Gasteiger partial charge in [-0.15, -0.1) is 0 Å². The third-order valence-corrected chi connectivity index (χ3v) is 4.90. The predicted octanol–water partition coefficient (Wildman–Crippen LogP) is -0.349. The molecule has 1 fully saturated rings. The molecule has 7 nitrogen and oxygen atoms in total. The van der Waals surface area contributed by atoms with Crippen molar-refractivity contribution < 1.29 is 13.2 Å². The second kappa shape index (κ2) is 5.48. The molecule has 0 aliphatic carbocycles. The zero-order valence-electron chi connectivity index (χ0n) is 10.7. The number of sulfonamides is 1. The predicted molar refractivity (Wildman–Crippen MR) is 72.0 cm³/mol. The fourth-order valence-corrected chi connectivity index (χ4v) is 3.51. The van der Waals surface area contributed by atoms with E-state index >= 15 is 0 Å². The maximum atomic E-state index is 12.5. The first-order valence-electron chi connectivity index (χ1n) is 6.01. The first kappa shape index (κ1) is 14.3. The average molecular weight is 294 g/mol. The molecular formula is C12H14N4O3S. The van der Waals surface area contributed by atoms with Crippen LogP contribution in [0.5, 0.6) is 0 Å². The summed E-state index contributed by atoms with van der Waals surface area (Å²) in [5, 5.41) is 11.4. The summed E-state index contributed by atoms with van der Waals surface area (Å²) in [6, 6.07) is 5.89. The number of nitrogens with two attached hydrogens (primary N) is 1. The molecule has 0 radical (unpaired) electrons. The molecule has 0 spiro atoms. The number of nitrogens with zero attached hydrogens (tertiary/aromatic N) is 2. The van der Waals surface area contributed by atoms with Gasteiger partial charge in [-0.2, -0.15) is 9.57 Å². The topological polar surface area (TPSA) is 116 Å². The Morgan fingerprint density at radius 1 is 1.40 bits per heavy atom. The molecule has 1 heterocycles. The van der Waals surface area contributed by atoms with Crippen LogP contribution < -0.4 is 11.1 Å². The Balaban J connectivity index is 2.39. The molecule has 1 aliphatic rings. The minimum Gasteiger partial charge on any atom is -0.398 e. The van der Waals surface area contributed by atoms with Crippen molar-refractivity contribution >= 4 is 21.6 Å². The van der Waals surface area contributed by atoms with E-state index in [0.29, 0.717) is 13.0 Å². The molecule has 2 rings (SSSR count). The standard InChI is InChI=1S/C12H14N4O3S/c13-7-9-2-3-11(10(14)6-9)20(18,19)16-5-1-4-15-12(17)8-16/h2-3,6H,1,4-5,8,14H2,(H,15,17). The van der Waals surface area contributed by atoms with Crippen LogP contribution in [-0.2, 0) is 14.8 Å². The molecule has 1 aromatic carbocycles. The van der Waals surface area contributed by atoms with Gasteiger partial charge < -0.3 is 11.1 Å². The molecule has 106 valence electrons. The molecule has 20 heavy (non-hydrogen) atoms. The zero-order valence-corrected chi connectivity index (χ0v) is 11.5. The van der Waals surface area contributed by atoms with Crippen molar-refractivity contribution in [2.45, 2.75) is 11.3 Å². The second-order valence-electron chi connectivity index (χ2n) is 4.41. The number of nitrogens with one attached hydrogen (secondary N) is 1. The summed E-state index contributed by atoms with van der Waals surface area (Å²) in [5.41, 5.74) is 6.00. The Morgan fingerprint density at radius 2 is 2.15 bits per heavy atom. The Bertz CT molecular complexity index is 678. The first-order valence-corrected chi connectivity index (χ1v) is 7.45. The number of hydrogen-bond donors (Lipinski definition) is 2. The van der Waals surface area contributed by atoms with Gasteiger partial charge in [0.05, 0.1) is 23.9 Å². The van der Waals surface area contributed by atoms with Gasteiger partial charge in [-0.05, 0) is 24.6 Å². The number of anilines is 1. The van der Waals surface area contributed by atoms with Crippen molar-refractivity contribution in [3.05, 3.63) is 23.8 Å². The van der Waals surface area contributed by atoms with Gasteiger partial charge in [-0.1, -0.05) is 0 Å². The van der Waals surface area contributed by atoms with Crippen molar-refractivity contribution in [1.29, 1.82) is 5.26 Å². The van der Waals surface area contributed by atoms with Crippen LogP contribution in [0.2, 0.25) is 0 Å². The number of rotatable bonds is 2. The van der Waals surface area contributed by atoms with E-state index in [1.807, 2.05) is 6.07 Å². The lowest BCUT2D eigenvalue weighted by Gasteiger charge is -2.19. The summed E-state index contributed by atoms with van der Waals surface area (Å²) in [6.07, 6.45) is 0.543. The van der Waals surface area contributed by atoms with Gasteiger partial charge in [0.15, 0.2) is 0 Å². The van der Waals surface area contributed by atoms with Gasteiger partial charge in [-0.25, -0.2) is 8.42 Å². The Morgan fingerprint density at radius 3 is 2.80 bits per heavy atom. The van der Waals surface area contributed by atoms with Crippen molar-refractivity contribution in [3.63, 3.8) is 0 Å². The molecule has 0 atom stereocenters. The number of benzene rings is 1. The molecule has 3 N–H and O–H groups in total. The lowest BCUT2D eigenvalue weighted by molar-refractivity contribution is -0.120. The van der Waals surface area contributed by atoms with Crippen LogP contribution in [0.1, 0.15) is 12.0 Å². The highest BCUT2D eigenvalue weighted by atomic mass is 32.2. The minimum absolute atomic E-state index is 0.00806. The van der Waals surface area contributed by atoms with Crippen LogP contribution in [0.3, 0.4) is 0 Å². The van der Waals surface area contributed by atoms with Gasteiger partial charge in [0.2, 0.25) is 15.9 Å². The van der Waals surface area contributed by atoms with Crippen LogP contribution in [-0.4, -0.2) is 38.3 Å². The molecule has 8 heteroatoms.